The van der Waals surface area contributed by atoms with Gasteiger partial charge in [0.25, 0.3) is 0 Å². The van der Waals surface area contributed by atoms with Crippen molar-refractivity contribution in [2.75, 3.05) is 0 Å². The van der Waals surface area contributed by atoms with Gasteiger partial charge in [0.2, 0.25) is 0 Å². The van der Waals surface area contributed by atoms with Crippen molar-refractivity contribution in [3.8, 4) is 0 Å². The summed E-state index contributed by atoms with van der Waals surface area (Å²) in [4.78, 5) is 0. The first kappa shape index (κ1) is 6.05. The quantitative estimate of drug-likeness (QED) is 0.473. The van der Waals surface area contributed by atoms with Gasteiger partial charge in [-0.1, -0.05) is 6.42 Å². The molecule has 0 aromatic heterocycles. The van der Waals surface area contributed by atoms with Crippen molar-refractivity contribution < 1.29 is 0 Å². The van der Waals surface area contributed by atoms with Crippen LogP contribution < -0.4 is 11.5 Å². The van der Waals surface area contributed by atoms with E-state index >= 15 is 0 Å². The van der Waals surface area contributed by atoms with Crippen LogP contribution in [0.5, 0.6) is 0 Å². The van der Waals surface area contributed by atoms with Crippen LogP contribution in [0, 0.1) is 0 Å². The Morgan fingerprint density at radius 3 is 1.75 bits per heavy atom. The van der Waals surface area contributed by atoms with E-state index in [1.807, 2.05) is 0 Å². The van der Waals surface area contributed by atoms with E-state index in [4.69, 9.17) is 11.5 Å². The second kappa shape index (κ2) is 2.46. The summed E-state index contributed by atoms with van der Waals surface area (Å²) in [5.41, 5.74) is 11.3. The van der Waals surface area contributed by atoms with E-state index in [0.717, 1.165) is 6.42 Å². The van der Waals surface area contributed by atoms with E-state index < -0.39 is 0 Å². The molecular formula is C6H14N2. The zero-order valence-electron chi connectivity index (χ0n) is 5.14. The topological polar surface area (TPSA) is 52.0 Å². The van der Waals surface area contributed by atoms with E-state index in [-0.39, 0.29) is 0 Å². The highest BCUT2D eigenvalue weighted by molar-refractivity contribution is 4.76. The van der Waals surface area contributed by atoms with Crippen molar-refractivity contribution in [1.82, 2.24) is 0 Å². The van der Waals surface area contributed by atoms with Crippen LogP contribution in [-0.2, 0) is 0 Å². The molecule has 0 heterocycles. The van der Waals surface area contributed by atoms with Crippen LogP contribution in [0.1, 0.15) is 25.7 Å². The van der Waals surface area contributed by atoms with Gasteiger partial charge in [0.15, 0.2) is 0 Å². The second-order valence-electron chi connectivity index (χ2n) is 2.69. The first-order valence-electron chi connectivity index (χ1n) is 3.30. The molecule has 4 N–H and O–H groups in total. The first-order chi connectivity index (χ1) is 3.79. The number of hydrogen-bond donors (Lipinski definition) is 2. The normalized spacial score (nSPS) is 39.8. The molecule has 0 radical (unpaired) electrons. The maximum atomic E-state index is 5.65. The molecule has 0 amide bonds. The molecule has 0 aromatic rings. The van der Waals surface area contributed by atoms with Gasteiger partial charge in [0.05, 0.1) is 0 Å². The summed E-state index contributed by atoms with van der Waals surface area (Å²) in [6.07, 6.45) is 4.60. The second-order valence-corrected chi connectivity index (χ2v) is 2.69. The molecular weight excluding hydrogens is 100 g/mol. The molecule has 8 heavy (non-hydrogen) atoms. The van der Waals surface area contributed by atoms with Crippen LogP contribution in [0.3, 0.4) is 0 Å². The Morgan fingerprint density at radius 2 is 1.50 bits per heavy atom. The Labute approximate surface area is 50.2 Å². The van der Waals surface area contributed by atoms with E-state index in [9.17, 15) is 0 Å². The highest BCUT2D eigenvalue weighted by atomic mass is 14.7. The molecule has 2 heteroatoms. The SMILES string of the molecule is NC1CCC[C@H](N)C1. The molecule has 0 aromatic carbocycles. The van der Waals surface area contributed by atoms with Gasteiger partial charge in [-0.2, -0.15) is 0 Å². The molecule has 1 fully saturated rings. The molecule has 1 unspecified atom stereocenters. The standard InChI is InChI=1S/C6H14N2/c7-5-2-1-3-6(8)4-5/h5-6H,1-4,7-8H2/t5-,6?/m0/s1. The summed E-state index contributed by atoms with van der Waals surface area (Å²) in [6.45, 7) is 0. The lowest BCUT2D eigenvalue weighted by Gasteiger charge is -2.22. The van der Waals surface area contributed by atoms with Gasteiger partial charge >= 0.3 is 0 Å². The maximum Gasteiger partial charge on any atom is 0.00535 e. The fourth-order valence-corrected chi connectivity index (χ4v) is 1.27. The Bertz CT molecular complexity index is 64.9. The lowest BCUT2D eigenvalue weighted by atomic mass is 9.92. The van der Waals surface area contributed by atoms with Crippen LogP contribution in [-0.4, -0.2) is 12.1 Å². The number of nitrogens with two attached hydrogens (primary N) is 2. The van der Waals surface area contributed by atoms with Crippen molar-refractivity contribution >= 4 is 0 Å². The van der Waals surface area contributed by atoms with Crippen molar-refractivity contribution in [1.29, 1.82) is 0 Å². The van der Waals surface area contributed by atoms with Gasteiger partial charge in [0, 0.05) is 12.1 Å². The van der Waals surface area contributed by atoms with Crippen LogP contribution in [0.15, 0.2) is 0 Å². The minimum absolute atomic E-state index is 0.388. The largest absolute Gasteiger partial charge is 0.328 e. The molecule has 1 saturated carbocycles. The monoisotopic (exact) mass is 114 g/mol. The summed E-state index contributed by atoms with van der Waals surface area (Å²) in [5, 5.41) is 0. The van der Waals surface area contributed by atoms with Gasteiger partial charge in [-0.3, -0.25) is 0 Å². The van der Waals surface area contributed by atoms with Gasteiger partial charge in [-0.15, -0.1) is 0 Å². The summed E-state index contributed by atoms with van der Waals surface area (Å²) in [6, 6.07) is 0.775. The first-order valence-corrected chi connectivity index (χ1v) is 3.30. The van der Waals surface area contributed by atoms with Crippen molar-refractivity contribution in [2.45, 2.75) is 37.8 Å². The fraction of sp³-hybridized carbons (Fsp3) is 1.00. The average molecular weight is 114 g/mol. The molecule has 1 aliphatic carbocycles. The van der Waals surface area contributed by atoms with Gasteiger partial charge in [0.1, 0.15) is 0 Å². The number of hydrogen-bond acceptors (Lipinski definition) is 2. The van der Waals surface area contributed by atoms with E-state index in [2.05, 4.69) is 0 Å². The van der Waals surface area contributed by atoms with Gasteiger partial charge in [-0.25, -0.2) is 0 Å². The minimum Gasteiger partial charge on any atom is -0.328 e. The predicted octanol–water partition coefficient (Wildman–Crippen LogP) is 0.215. The summed E-state index contributed by atoms with van der Waals surface area (Å²) >= 11 is 0. The van der Waals surface area contributed by atoms with E-state index in [0.29, 0.717) is 12.1 Å². The predicted molar refractivity (Wildman–Crippen MR) is 34.4 cm³/mol. The molecule has 48 valence electrons. The summed E-state index contributed by atoms with van der Waals surface area (Å²) < 4.78 is 0. The lowest BCUT2D eigenvalue weighted by molar-refractivity contribution is 0.392. The highest BCUT2D eigenvalue weighted by Gasteiger charge is 2.14. The molecule has 2 atom stereocenters. The minimum atomic E-state index is 0.388. The zero-order chi connectivity index (χ0) is 5.98. The third kappa shape index (κ3) is 1.46. The molecule has 0 aliphatic heterocycles. The summed E-state index contributed by atoms with van der Waals surface area (Å²) in [7, 11) is 0. The lowest BCUT2D eigenvalue weighted by Crippen LogP contribution is -2.35. The molecule has 2 nitrogen and oxygen atoms in total. The Morgan fingerprint density at radius 1 is 1.00 bits per heavy atom. The Balaban J connectivity index is 2.23. The zero-order valence-corrected chi connectivity index (χ0v) is 5.14. The molecule has 1 aliphatic rings. The Kier molecular flexibility index (Phi) is 1.86. The maximum absolute atomic E-state index is 5.65. The van der Waals surface area contributed by atoms with Crippen LogP contribution in [0.2, 0.25) is 0 Å². The van der Waals surface area contributed by atoms with Crippen molar-refractivity contribution in [2.24, 2.45) is 11.5 Å². The third-order valence-corrected chi connectivity index (χ3v) is 1.76. The Hall–Kier alpha value is -0.0800. The van der Waals surface area contributed by atoms with Crippen molar-refractivity contribution in [3.05, 3.63) is 0 Å². The van der Waals surface area contributed by atoms with Gasteiger partial charge < -0.3 is 11.5 Å². The van der Waals surface area contributed by atoms with Crippen LogP contribution >= 0.6 is 0 Å². The van der Waals surface area contributed by atoms with Gasteiger partial charge in [-0.05, 0) is 19.3 Å². The average Bonchev–Trinajstić information content (AvgIpc) is 1.64. The van der Waals surface area contributed by atoms with Crippen LogP contribution in [0.4, 0.5) is 0 Å². The molecule has 1 rings (SSSR count). The molecule has 0 spiro atoms. The van der Waals surface area contributed by atoms with E-state index in [1.54, 1.807) is 0 Å². The molecule has 0 bridgehead atoms. The smallest absolute Gasteiger partial charge is 0.00535 e. The fourth-order valence-electron chi connectivity index (χ4n) is 1.27. The third-order valence-electron chi connectivity index (χ3n) is 1.76. The molecule has 0 saturated heterocycles. The highest BCUT2D eigenvalue weighted by Crippen LogP contribution is 2.14. The van der Waals surface area contributed by atoms with E-state index in [1.165, 1.54) is 19.3 Å². The van der Waals surface area contributed by atoms with Crippen molar-refractivity contribution in [3.63, 3.8) is 0 Å². The summed E-state index contributed by atoms with van der Waals surface area (Å²) in [5.74, 6) is 0. The van der Waals surface area contributed by atoms with Crippen LogP contribution in [0.25, 0.3) is 0 Å². The number of rotatable bonds is 0.